The van der Waals surface area contributed by atoms with E-state index in [4.69, 9.17) is 0 Å². The zero-order chi connectivity index (χ0) is 19.4. The molecule has 6 nitrogen and oxygen atoms in total. The molecule has 1 unspecified atom stereocenters. The molecule has 27 heavy (non-hydrogen) atoms. The SMILES string of the molecule is Cc1ccc(NC(=O)C2CCCN(S(=O)(=O)N3CCCCCC3)C2)cc1C. The van der Waals surface area contributed by atoms with Gasteiger partial charge in [0, 0.05) is 31.9 Å². The Balaban J connectivity index is 1.65. The molecule has 0 aromatic heterocycles. The van der Waals surface area contributed by atoms with E-state index in [1.165, 1.54) is 9.87 Å². The molecule has 0 bridgehead atoms. The molecule has 3 rings (SSSR count). The molecule has 0 aliphatic carbocycles. The van der Waals surface area contributed by atoms with E-state index < -0.39 is 10.2 Å². The van der Waals surface area contributed by atoms with Crippen LogP contribution in [0.4, 0.5) is 5.69 Å². The predicted molar refractivity (Wildman–Crippen MR) is 108 cm³/mol. The van der Waals surface area contributed by atoms with Gasteiger partial charge in [0.1, 0.15) is 0 Å². The number of nitrogens with one attached hydrogen (secondary N) is 1. The lowest BCUT2D eigenvalue weighted by molar-refractivity contribution is -0.120. The number of benzene rings is 1. The number of hydrogen-bond acceptors (Lipinski definition) is 3. The minimum atomic E-state index is -3.47. The molecule has 1 aromatic rings. The van der Waals surface area contributed by atoms with Crippen molar-refractivity contribution < 1.29 is 13.2 Å². The summed E-state index contributed by atoms with van der Waals surface area (Å²) in [5.74, 6) is -0.392. The number of anilines is 1. The second-order valence-electron chi connectivity index (χ2n) is 7.81. The number of hydrogen-bond donors (Lipinski definition) is 1. The third kappa shape index (κ3) is 4.89. The fraction of sp³-hybridized carbons (Fsp3) is 0.650. The number of nitrogens with zero attached hydrogens (tertiary/aromatic N) is 2. The van der Waals surface area contributed by atoms with Gasteiger partial charge in [-0.15, -0.1) is 0 Å². The Kier molecular flexibility index (Phi) is 6.55. The first-order valence-electron chi connectivity index (χ1n) is 10.0. The zero-order valence-electron chi connectivity index (χ0n) is 16.4. The van der Waals surface area contributed by atoms with E-state index >= 15 is 0 Å². The Labute approximate surface area is 163 Å². The summed E-state index contributed by atoms with van der Waals surface area (Å²) in [7, 11) is -3.47. The van der Waals surface area contributed by atoms with Gasteiger partial charge in [-0.1, -0.05) is 18.9 Å². The topological polar surface area (TPSA) is 69.7 Å². The molecule has 2 heterocycles. The van der Waals surface area contributed by atoms with E-state index in [2.05, 4.69) is 5.32 Å². The van der Waals surface area contributed by atoms with Crippen LogP contribution in [0.1, 0.15) is 49.7 Å². The van der Waals surface area contributed by atoms with E-state index in [0.717, 1.165) is 49.8 Å². The maximum atomic E-state index is 13.0. The molecule has 0 radical (unpaired) electrons. The number of rotatable bonds is 4. The Morgan fingerprint density at radius 1 is 0.963 bits per heavy atom. The second-order valence-corrected chi connectivity index (χ2v) is 9.73. The highest BCUT2D eigenvalue weighted by Gasteiger charge is 2.36. The number of carbonyl (C=O) groups is 1. The quantitative estimate of drug-likeness (QED) is 0.855. The van der Waals surface area contributed by atoms with Crippen LogP contribution >= 0.6 is 0 Å². The predicted octanol–water partition coefficient (Wildman–Crippen LogP) is 3.07. The highest BCUT2D eigenvalue weighted by atomic mass is 32.2. The van der Waals surface area contributed by atoms with Crippen LogP contribution in [0.5, 0.6) is 0 Å². The van der Waals surface area contributed by atoms with Crippen molar-refractivity contribution in [3.05, 3.63) is 29.3 Å². The number of piperidine rings is 1. The van der Waals surface area contributed by atoms with Crippen LogP contribution in [0.25, 0.3) is 0 Å². The van der Waals surface area contributed by atoms with Crippen LogP contribution < -0.4 is 5.32 Å². The van der Waals surface area contributed by atoms with Crippen LogP contribution in [0, 0.1) is 19.8 Å². The minimum absolute atomic E-state index is 0.0889. The normalized spacial score (nSPS) is 23.0. The average Bonchev–Trinajstić information content (AvgIpc) is 2.95. The monoisotopic (exact) mass is 393 g/mol. The largest absolute Gasteiger partial charge is 0.326 e. The smallest absolute Gasteiger partial charge is 0.281 e. The standard InChI is InChI=1S/C20H31N3O3S/c1-16-9-10-19(14-17(16)2)21-20(24)18-8-7-13-23(15-18)27(25,26)22-11-5-3-4-6-12-22/h9-10,14,18H,3-8,11-13,15H2,1-2H3,(H,21,24). The number of carbonyl (C=O) groups excluding carboxylic acids is 1. The highest BCUT2D eigenvalue weighted by Crippen LogP contribution is 2.24. The molecule has 2 saturated heterocycles. The fourth-order valence-electron chi connectivity index (χ4n) is 3.87. The highest BCUT2D eigenvalue weighted by molar-refractivity contribution is 7.86. The summed E-state index contributed by atoms with van der Waals surface area (Å²) in [6.07, 6.45) is 5.47. The lowest BCUT2D eigenvalue weighted by Crippen LogP contribution is -2.50. The van der Waals surface area contributed by atoms with Gasteiger partial charge in [-0.05, 0) is 62.8 Å². The summed E-state index contributed by atoms with van der Waals surface area (Å²) in [5.41, 5.74) is 3.08. The third-order valence-electron chi connectivity index (χ3n) is 5.75. The summed E-state index contributed by atoms with van der Waals surface area (Å²) in [6.45, 7) is 6.02. The van der Waals surface area contributed by atoms with Crippen molar-refractivity contribution in [3.63, 3.8) is 0 Å². The van der Waals surface area contributed by atoms with Crippen LogP contribution in [0.2, 0.25) is 0 Å². The van der Waals surface area contributed by atoms with Crippen LogP contribution in [0.3, 0.4) is 0 Å². The lowest BCUT2D eigenvalue weighted by atomic mass is 9.98. The van der Waals surface area contributed by atoms with Crippen molar-refractivity contribution in [2.75, 3.05) is 31.5 Å². The molecule has 7 heteroatoms. The Morgan fingerprint density at radius 2 is 1.63 bits per heavy atom. The molecule has 2 aliphatic rings. The Morgan fingerprint density at radius 3 is 2.30 bits per heavy atom. The van der Waals surface area contributed by atoms with E-state index in [-0.39, 0.29) is 18.4 Å². The zero-order valence-corrected chi connectivity index (χ0v) is 17.2. The van der Waals surface area contributed by atoms with Crippen molar-refractivity contribution in [3.8, 4) is 0 Å². The summed E-state index contributed by atoms with van der Waals surface area (Å²) in [5, 5.41) is 2.97. The van der Waals surface area contributed by atoms with Gasteiger partial charge >= 0.3 is 0 Å². The fourth-order valence-corrected chi connectivity index (χ4v) is 5.64. The van der Waals surface area contributed by atoms with Crippen molar-refractivity contribution in [2.45, 2.75) is 52.4 Å². The molecule has 1 N–H and O–H groups in total. The van der Waals surface area contributed by atoms with Crippen LogP contribution in [-0.4, -0.2) is 49.1 Å². The van der Waals surface area contributed by atoms with Crippen molar-refractivity contribution in [1.82, 2.24) is 8.61 Å². The molecule has 1 amide bonds. The Bertz CT molecular complexity index is 771. The van der Waals surface area contributed by atoms with Gasteiger partial charge in [-0.2, -0.15) is 17.0 Å². The van der Waals surface area contributed by atoms with Gasteiger partial charge in [0.05, 0.1) is 5.92 Å². The molecule has 150 valence electrons. The lowest BCUT2D eigenvalue weighted by Gasteiger charge is -2.34. The van der Waals surface area contributed by atoms with E-state index in [1.54, 1.807) is 4.31 Å². The first-order valence-corrected chi connectivity index (χ1v) is 11.4. The van der Waals surface area contributed by atoms with Gasteiger partial charge in [0.25, 0.3) is 10.2 Å². The molecule has 0 spiro atoms. The minimum Gasteiger partial charge on any atom is -0.326 e. The molecular formula is C20H31N3O3S. The first-order chi connectivity index (χ1) is 12.9. The van der Waals surface area contributed by atoms with Crippen LogP contribution in [0.15, 0.2) is 18.2 Å². The van der Waals surface area contributed by atoms with Crippen LogP contribution in [-0.2, 0) is 15.0 Å². The maximum Gasteiger partial charge on any atom is 0.281 e. The maximum absolute atomic E-state index is 13.0. The molecule has 2 fully saturated rings. The van der Waals surface area contributed by atoms with Crippen molar-refractivity contribution in [2.24, 2.45) is 5.92 Å². The molecule has 1 atom stereocenters. The molecule has 2 aliphatic heterocycles. The number of aryl methyl sites for hydroxylation is 2. The van der Waals surface area contributed by atoms with Gasteiger partial charge in [-0.3, -0.25) is 4.79 Å². The second kappa shape index (κ2) is 8.71. The summed E-state index contributed by atoms with van der Waals surface area (Å²) >= 11 is 0. The molecule has 0 saturated carbocycles. The molecular weight excluding hydrogens is 362 g/mol. The van der Waals surface area contributed by atoms with E-state index in [9.17, 15) is 13.2 Å². The average molecular weight is 394 g/mol. The summed E-state index contributed by atoms with van der Waals surface area (Å²) in [6, 6.07) is 5.85. The first kappa shape index (κ1) is 20.3. The van der Waals surface area contributed by atoms with Crippen molar-refractivity contribution >= 4 is 21.8 Å². The van der Waals surface area contributed by atoms with E-state index in [1.807, 2.05) is 32.0 Å². The summed E-state index contributed by atoms with van der Waals surface area (Å²) in [4.78, 5) is 12.7. The van der Waals surface area contributed by atoms with Crippen molar-refractivity contribution in [1.29, 1.82) is 0 Å². The number of amides is 1. The Hall–Kier alpha value is -1.44. The van der Waals surface area contributed by atoms with Gasteiger partial charge in [0.2, 0.25) is 5.91 Å². The van der Waals surface area contributed by atoms with Gasteiger partial charge in [0.15, 0.2) is 0 Å². The third-order valence-corrected chi connectivity index (χ3v) is 7.75. The molecule has 1 aromatic carbocycles. The van der Waals surface area contributed by atoms with Gasteiger partial charge < -0.3 is 5.32 Å². The van der Waals surface area contributed by atoms with E-state index in [0.29, 0.717) is 19.6 Å². The van der Waals surface area contributed by atoms with Gasteiger partial charge in [-0.25, -0.2) is 0 Å². The summed E-state index contributed by atoms with van der Waals surface area (Å²) < 4.78 is 29.2.